The fraction of sp³-hybridized carbons (Fsp3) is 0.238. The maximum absolute atomic E-state index is 13.6. The molecule has 0 amide bonds. The van der Waals surface area contributed by atoms with E-state index in [4.69, 9.17) is 21.1 Å². The molecule has 1 heterocycles. The molecule has 0 aromatic heterocycles. The first-order valence-electron chi connectivity index (χ1n) is 8.09. The second kappa shape index (κ2) is 8.31. The summed E-state index contributed by atoms with van der Waals surface area (Å²) < 4.78 is 24.8. The van der Waals surface area contributed by atoms with Gasteiger partial charge in [0, 0.05) is 11.5 Å². The molecule has 2 nitrogen and oxygen atoms in total. The van der Waals surface area contributed by atoms with E-state index in [0.717, 1.165) is 16.7 Å². The van der Waals surface area contributed by atoms with Gasteiger partial charge in [0.2, 0.25) is 6.29 Å². The SMILES string of the molecule is CC=C[C@H]1CO[C@H](C#Cc2cccc(-c3ccc(Cl)c(F)c3)c2)OC1. The van der Waals surface area contributed by atoms with Crippen molar-refractivity contribution in [1.82, 2.24) is 0 Å². The Morgan fingerprint density at radius 1 is 1.12 bits per heavy atom. The van der Waals surface area contributed by atoms with E-state index in [1.165, 1.54) is 6.07 Å². The zero-order chi connectivity index (χ0) is 17.6. The Kier molecular flexibility index (Phi) is 5.88. The van der Waals surface area contributed by atoms with E-state index in [2.05, 4.69) is 17.9 Å². The Balaban J connectivity index is 1.72. The van der Waals surface area contributed by atoms with Crippen LogP contribution in [-0.2, 0) is 9.47 Å². The fourth-order valence-electron chi connectivity index (χ4n) is 2.58. The lowest BCUT2D eigenvalue weighted by Gasteiger charge is -2.24. The minimum Gasteiger partial charge on any atom is -0.341 e. The van der Waals surface area contributed by atoms with E-state index in [1.54, 1.807) is 12.1 Å². The van der Waals surface area contributed by atoms with Gasteiger partial charge in [-0.2, -0.15) is 0 Å². The van der Waals surface area contributed by atoms with Gasteiger partial charge < -0.3 is 9.47 Å². The third kappa shape index (κ3) is 4.70. The molecule has 0 radical (unpaired) electrons. The number of halogens is 2. The zero-order valence-electron chi connectivity index (χ0n) is 13.8. The van der Waals surface area contributed by atoms with Crippen molar-refractivity contribution in [3.05, 3.63) is 71.0 Å². The molecule has 0 bridgehead atoms. The average molecular weight is 357 g/mol. The molecule has 3 rings (SSSR count). The number of rotatable bonds is 2. The van der Waals surface area contributed by atoms with Gasteiger partial charge in [-0.1, -0.05) is 47.9 Å². The van der Waals surface area contributed by atoms with E-state index >= 15 is 0 Å². The molecule has 2 aromatic carbocycles. The summed E-state index contributed by atoms with van der Waals surface area (Å²) in [5, 5.41) is 0.113. The summed E-state index contributed by atoms with van der Waals surface area (Å²) in [6.45, 7) is 3.19. The minimum atomic E-state index is -0.516. The van der Waals surface area contributed by atoms with Crippen molar-refractivity contribution in [2.75, 3.05) is 13.2 Å². The summed E-state index contributed by atoms with van der Waals surface area (Å²) in [5.74, 6) is 5.89. The average Bonchev–Trinajstić information content (AvgIpc) is 2.64. The van der Waals surface area contributed by atoms with Crippen LogP contribution in [-0.4, -0.2) is 19.5 Å². The van der Waals surface area contributed by atoms with Gasteiger partial charge in [0.05, 0.1) is 18.2 Å². The molecule has 128 valence electrons. The molecular formula is C21H18ClFO2. The number of benzene rings is 2. The van der Waals surface area contributed by atoms with Gasteiger partial charge in [-0.3, -0.25) is 0 Å². The summed E-state index contributed by atoms with van der Waals surface area (Å²) >= 11 is 5.74. The minimum absolute atomic E-state index is 0.113. The van der Waals surface area contributed by atoms with Crippen LogP contribution in [0.1, 0.15) is 12.5 Å². The molecule has 0 saturated carbocycles. The molecule has 0 N–H and O–H groups in total. The normalized spacial score (nSPS) is 20.3. The second-order valence-corrected chi connectivity index (χ2v) is 6.17. The van der Waals surface area contributed by atoms with Crippen molar-refractivity contribution in [2.24, 2.45) is 5.92 Å². The number of hydrogen-bond donors (Lipinski definition) is 0. The lowest BCUT2D eigenvalue weighted by Crippen LogP contribution is -2.30. The zero-order valence-corrected chi connectivity index (χ0v) is 14.6. The number of hydrogen-bond acceptors (Lipinski definition) is 2. The first kappa shape index (κ1) is 17.7. The van der Waals surface area contributed by atoms with E-state index in [-0.39, 0.29) is 10.9 Å². The largest absolute Gasteiger partial charge is 0.341 e. The lowest BCUT2D eigenvalue weighted by molar-refractivity contribution is -0.160. The molecule has 0 spiro atoms. The fourth-order valence-corrected chi connectivity index (χ4v) is 2.70. The predicted octanol–water partition coefficient (Wildman–Crippen LogP) is 5.06. The lowest BCUT2D eigenvalue weighted by atomic mass is 10.0. The van der Waals surface area contributed by atoms with Crippen molar-refractivity contribution in [2.45, 2.75) is 13.2 Å². The van der Waals surface area contributed by atoms with Crippen LogP contribution in [0, 0.1) is 23.6 Å². The summed E-state index contributed by atoms with van der Waals surface area (Å²) in [4.78, 5) is 0. The first-order chi connectivity index (χ1) is 12.2. The third-order valence-electron chi connectivity index (χ3n) is 3.84. The van der Waals surface area contributed by atoms with Crippen LogP contribution in [0.4, 0.5) is 4.39 Å². The highest BCUT2D eigenvalue weighted by Gasteiger charge is 2.18. The number of allylic oxidation sites excluding steroid dienone is 1. The summed E-state index contributed by atoms with van der Waals surface area (Å²) in [6.07, 6.45) is 3.55. The maximum atomic E-state index is 13.6. The van der Waals surface area contributed by atoms with Gasteiger partial charge in [0.1, 0.15) is 5.82 Å². The first-order valence-corrected chi connectivity index (χ1v) is 8.46. The highest BCUT2D eigenvalue weighted by atomic mass is 35.5. The quantitative estimate of drug-likeness (QED) is 0.553. The standard InChI is InChI=1S/C21H18ClFO2/c1-2-4-16-13-24-21(25-14-16)10-7-15-5-3-6-17(11-15)18-8-9-19(22)20(23)12-18/h2-6,8-9,11-12,16,21H,13-14H2,1H3/t16-,21-. The summed E-state index contributed by atoms with van der Waals surface area (Å²) in [7, 11) is 0. The predicted molar refractivity (Wildman–Crippen MR) is 97.7 cm³/mol. The van der Waals surface area contributed by atoms with Gasteiger partial charge in [-0.05, 0) is 48.2 Å². The van der Waals surface area contributed by atoms with Crippen LogP contribution in [0.2, 0.25) is 5.02 Å². The molecule has 1 saturated heterocycles. The van der Waals surface area contributed by atoms with Gasteiger partial charge in [-0.15, -0.1) is 0 Å². The molecular weight excluding hydrogens is 339 g/mol. The van der Waals surface area contributed by atoms with Crippen molar-refractivity contribution in [1.29, 1.82) is 0 Å². The van der Waals surface area contributed by atoms with E-state index in [9.17, 15) is 4.39 Å². The van der Waals surface area contributed by atoms with Crippen LogP contribution in [0.25, 0.3) is 11.1 Å². The summed E-state index contributed by atoms with van der Waals surface area (Å²) in [6, 6.07) is 12.3. The monoisotopic (exact) mass is 356 g/mol. The topological polar surface area (TPSA) is 18.5 Å². The maximum Gasteiger partial charge on any atom is 0.222 e. The molecule has 2 aromatic rings. The Morgan fingerprint density at radius 3 is 2.60 bits per heavy atom. The van der Waals surface area contributed by atoms with Crippen LogP contribution in [0.5, 0.6) is 0 Å². The van der Waals surface area contributed by atoms with Crippen molar-refractivity contribution in [3.8, 4) is 23.0 Å². The third-order valence-corrected chi connectivity index (χ3v) is 4.14. The number of ether oxygens (including phenoxy) is 2. The van der Waals surface area contributed by atoms with Crippen molar-refractivity contribution >= 4 is 11.6 Å². The molecule has 0 atom stereocenters. The van der Waals surface area contributed by atoms with Crippen molar-refractivity contribution < 1.29 is 13.9 Å². The molecule has 1 fully saturated rings. The molecule has 25 heavy (non-hydrogen) atoms. The Morgan fingerprint density at radius 2 is 1.88 bits per heavy atom. The van der Waals surface area contributed by atoms with Crippen molar-refractivity contribution in [3.63, 3.8) is 0 Å². The van der Waals surface area contributed by atoms with E-state index in [1.807, 2.05) is 37.3 Å². The molecule has 1 aliphatic rings. The Labute approximate surface area is 152 Å². The van der Waals surface area contributed by atoms with Crippen LogP contribution < -0.4 is 0 Å². The van der Waals surface area contributed by atoms with E-state index < -0.39 is 12.1 Å². The van der Waals surface area contributed by atoms with Crippen LogP contribution in [0.15, 0.2) is 54.6 Å². The highest BCUT2D eigenvalue weighted by Crippen LogP contribution is 2.24. The molecule has 1 aliphatic heterocycles. The van der Waals surface area contributed by atoms with Gasteiger partial charge >= 0.3 is 0 Å². The van der Waals surface area contributed by atoms with E-state index in [0.29, 0.717) is 13.2 Å². The molecule has 0 unspecified atom stereocenters. The Bertz CT molecular complexity index is 827. The van der Waals surface area contributed by atoms with Crippen LogP contribution in [0.3, 0.4) is 0 Å². The Hall–Kier alpha value is -2.12. The second-order valence-electron chi connectivity index (χ2n) is 5.76. The molecule has 4 heteroatoms. The van der Waals surface area contributed by atoms with Gasteiger partial charge in [0.15, 0.2) is 0 Å². The van der Waals surface area contributed by atoms with Gasteiger partial charge in [-0.25, -0.2) is 4.39 Å². The molecule has 0 aliphatic carbocycles. The smallest absolute Gasteiger partial charge is 0.222 e. The van der Waals surface area contributed by atoms with Crippen LogP contribution >= 0.6 is 11.6 Å². The van der Waals surface area contributed by atoms with Gasteiger partial charge in [0.25, 0.3) is 0 Å². The highest BCUT2D eigenvalue weighted by molar-refractivity contribution is 6.30. The summed E-state index contributed by atoms with van der Waals surface area (Å²) in [5.41, 5.74) is 2.45.